The van der Waals surface area contributed by atoms with Gasteiger partial charge in [0.2, 0.25) is 0 Å². The van der Waals surface area contributed by atoms with Crippen LogP contribution in [-0.2, 0) is 12.8 Å². The summed E-state index contributed by atoms with van der Waals surface area (Å²) in [6.45, 7) is 5.78. The van der Waals surface area contributed by atoms with Crippen molar-refractivity contribution in [3.63, 3.8) is 0 Å². The monoisotopic (exact) mass is 130 g/mol. The van der Waals surface area contributed by atoms with E-state index in [9.17, 15) is 0 Å². The standard InChI is InChI=1S/C10H10/c1-8-6-9-4-2-3-5-10(9)7-8/h1-5,8H,6-7H2. The van der Waals surface area contributed by atoms with E-state index in [1.54, 1.807) is 0 Å². The minimum Gasteiger partial charge on any atom is -0.0620 e. The normalized spacial score (nSPS) is 17.3. The zero-order valence-electron chi connectivity index (χ0n) is 5.88. The second-order valence-electron chi connectivity index (χ2n) is 2.94. The second-order valence-corrected chi connectivity index (χ2v) is 2.94. The van der Waals surface area contributed by atoms with Crippen molar-refractivity contribution in [3.05, 3.63) is 42.3 Å². The van der Waals surface area contributed by atoms with Crippen LogP contribution in [0.4, 0.5) is 0 Å². The van der Waals surface area contributed by atoms with Crippen LogP contribution in [0.3, 0.4) is 0 Å². The number of hydrogen-bond acceptors (Lipinski definition) is 0. The molecule has 0 bridgehead atoms. The molecule has 0 aromatic heterocycles. The second kappa shape index (κ2) is 2.12. The molecule has 0 amide bonds. The van der Waals surface area contributed by atoms with Gasteiger partial charge in [-0.25, -0.2) is 0 Å². The summed E-state index contributed by atoms with van der Waals surface area (Å²) in [4.78, 5) is 0. The molecule has 0 saturated carbocycles. The molecule has 1 aromatic rings. The number of rotatable bonds is 0. The van der Waals surface area contributed by atoms with Crippen molar-refractivity contribution in [1.29, 1.82) is 0 Å². The van der Waals surface area contributed by atoms with Gasteiger partial charge in [0.1, 0.15) is 0 Å². The molecule has 2 radical (unpaired) electrons. The van der Waals surface area contributed by atoms with E-state index in [2.05, 4.69) is 24.3 Å². The number of hydrogen-bond donors (Lipinski definition) is 0. The minimum atomic E-state index is 0.373. The van der Waals surface area contributed by atoms with Crippen LogP contribution in [-0.4, -0.2) is 0 Å². The molecule has 0 saturated heterocycles. The van der Waals surface area contributed by atoms with Gasteiger partial charge >= 0.3 is 0 Å². The van der Waals surface area contributed by atoms with Gasteiger partial charge < -0.3 is 0 Å². The predicted octanol–water partition coefficient (Wildman–Crippen LogP) is 2.11. The Hall–Kier alpha value is -0.780. The fourth-order valence-electron chi connectivity index (χ4n) is 1.59. The Morgan fingerprint density at radius 1 is 1.10 bits per heavy atom. The number of benzene rings is 1. The maximum Gasteiger partial charge on any atom is -0.0242 e. The fraction of sp³-hybridized carbons (Fsp3) is 0.300. The summed E-state index contributed by atoms with van der Waals surface area (Å²) in [5.74, 6) is 0.373. The smallest absolute Gasteiger partial charge is 0.0242 e. The highest BCUT2D eigenvalue weighted by molar-refractivity contribution is 5.32. The highest BCUT2D eigenvalue weighted by Crippen LogP contribution is 2.24. The summed E-state index contributed by atoms with van der Waals surface area (Å²) < 4.78 is 0. The van der Waals surface area contributed by atoms with Gasteiger partial charge in [-0.2, -0.15) is 0 Å². The molecule has 0 aliphatic heterocycles. The highest BCUT2D eigenvalue weighted by Gasteiger charge is 2.15. The molecule has 2 rings (SSSR count). The lowest BCUT2D eigenvalue weighted by Gasteiger charge is -1.93. The van der Waals surface area contributed by atoms with Crippen molar-refractivity contribution in [2.24, 2.45) is 5.92 Å². The van der Waals surface area contributed by atoms with Gasteiger partial charge in [0.05, 0.1) is 0 Å². The summed E-state index contributed by atoms with van der Waals surface area (Å²) in [7, 11) is 0. The molecule has 0 atom stereocenters. The topological polar surface area (TPSA) is 0 Å². The third-order valence-electron chi connectivity index (χ3n) is 2.08. The Kier molecular flexibility index (Phi) is 1.26. The molecule has 0 heteroatoms. The van der Waals surface area contributed by atoms with Gasteiger partial charge in [-0.3, -0.25) is 0 Å². The fourth-order valence-corrected chi connectivity index (χ4v) is 1.59. The van der Waals surface area contributed by atoms with E-state index in [4.69, 9.17) is 6.92 Å². The van der Waals surface area contributed by atoms with Crippen molar-refractivity contribution in [2.45, 2.75) is 12.8 Å². The van der Waals surface area contributed by atoms with E-state index in [1.807, 2.05) is 0 Å². The molecule has 1 aliphatic carbocycles. The van der Waals surface area contributed by atoms with Gasteiger partial charge in [0.25, 0.3) is 0 Å². The summed E-state index contributed by atoms with van der Waals surface area (Å²) >= 11 is 0. The van der Waals surface area contributed by atoms with E-state index in [0.29, 0.717) is 5.92 Å². The first-order valence-corrected chi connectivity index (χ1v) is 3.68. The van der Waals surface area contributed by atoms with Crippen molar-refractivity contribution in [2.75, 3.05) is 0 Å². The Morgan fingerprint density at radius 3 is 2.10 bits per heavy atom. The van der Waals surface area contributed by atoms with E-state index in [1.165, 1.54) is 11.1 Å². The molecule has 0 nitrogen and oxygen atoms in total. The van der Waals surface area contributed by atoms with Crippen LogP contribution in [0.15, 0.2) is 24.3 Å². The molecule has 0 fully saturated rings. The lowest BCUT2D eigenvalue weighted by Crippen LogP contribution is -1.89. The van der Waals surface area contributed by atoms with Crippen molar-refractivity contribution < 1.29 is 0 Å². The zero-order chi connectivity index (χ0) is 6.97. The largest absolute Gasteiger partial charge is 0.0620 e. The van der Waals surface area contributed by atoms with E-state index in [0.717, 1.165) is 12.8 Å². The van der Waals surface area contributed by atoms with Crippen LogP contribution in [0.25, 0.3) is 0 Å². The van der Waals surface area contributed by atoms with Gasteiger partial charge in [-0.05, 0) is 36.8 Å². The molecular formula is C10H10. The first-order valence-electron chi connectivity index (χ1n) is 3.68. The third-order valence-corrected chi connectivity index (χ3v) is 2.08. The Balaban J connectivity index is 2.42. The van der Waals surface area contributed by atoms with Crippen LogP contribution in [0.1, 0.15) is 11.1 Å². The zero-order valence-corrected chi connectivity index (χ0v) is 5.88. The Bertz CT molecular complexity index is 213. The predicted molar refractivity (Wildman–Crippen MR) is 41.6 cm³/mol. The van der Waals surface area contributed by atoms with Crippen LogP contribution < -0.4 is 0 Å². The quantitative estimate of drug-likeness (QED) is 0.504. The molecule has 1 aliphatic rings. The summed E-state index contributed by atoms with van der Waals surface area (Å²) in [5.41, 5.74) is 2.88. The van der Waals surface area contributed by atoms with Gasteiger partial charge in [0, 0.05) is 0 Å². The maximum absolute atomic E-state index is 5.78. The first kappa shape index (κ1) is 5.96. The van der Waals surface area contributed by atoms with Gasteiger partial charge in [-0.1, -0.05) is 24.3 Å². The van der Waals surface area contributed by atoms with Crippen molar-refractivity contribution in [3.8, 4) is 0 Å². The molecule has 0 spiro atoms. The molecule has 0 heterocycles. The van der Waals surface area contributed by atoms with Gasteiger partial charge in [-0.15, -0.1) is 0 Å². The maximum atomic E-state index is 5.78. The molecule has 50 valence electrons. The molecule has 10 heavy (non-hydrogen) atoms. The number of fused-ring (bicyclic) bond motifs is 1. The minimum absolute atomic E-state index is 0.373. The van der Waals surface area contributed by atoms with E-state index >= 15 is 0 Å². The van der Waals surface area contributed by atoms with E-state index in [-0.39, 0.29) is 0 Å². The lowest BCUT2D eigenvalue weighted by molar-refractivity contribution is 0.700. The highest BCUT2D eigenvalue weighted by atomic mass is 14.2. The van der Waals surface area contributed by atoms with Crippen LogP contribution in [0.2, 0.25) is 0 Å². The SMILES string of the molecule is [CH]C1Cc2ccccc2C1. The molecule has 1 aromatic carbocycles. The Labute approximate surface area is 61.9 Å². The molecule has 0 unspecified atom stereocenters. The van der Waals surface area contributed by atoms with Crippen LogP contribution in [0.5, 0.6) is 0 Å². The average molecular weight is 130 g/mol. The van der Waals surface area contributed by atoms with Crippen molar-refractivity contribution >= 4 is 0 Å². The first-order chi connectivity index (χ1) is 4.86. The van der Waals surface area contributed by atoms with Crippen molar-refractivity contribution in [1.82, 2.24) is 0 Å². The Morgan fingerprint density at radius 2 is 1.60 bits per heavy atom. The molecule has 0 N–H and O–H groups in total. The third kappa shape index (κ3) is 0.841. The van der Waals surface area contributed by atoms with Gasteiger partial charge in [0.15, 0.2) is 0 Å². The van der Waals surface area contributed by atoms with Crippen LogP contribution >= 0.6 is 0 Å². The van der Waals surface area contributed by atoms with E-state index < -0.39 is 0 Å². The molecular weight excluding hydrogens is 120 g/mol. The average Bonchev–Trinajstić information content (AvgIpc) is 2.27. The lowest BCUT2D eigenvalue weighted by atomic mass is 10.1. The summed E-state index contributed by atoms with van der Waals surface area (Å²) in [6, 6.07) is 8.50. The van der Waals surface area contributed by atoms with Crippen LogP contribution in [0, 0.1) is 12.8 Å². The summed E-state index contributed by atoms with van der Waals surface area (Å²) in [6.07, 6.45) is 2.13. The summed E-state index contributed by atoms with van der Waals surface area (Å²) in [5, 5.41) is 0.